The van der Waals surface area contributed by atoms with Crippen molar-refractivity contribution in [2.45, 2.75) is 4.90 Å². The topological polar surface area (TPSA) is 129 Å². The molecule has 0 radical (unpaired) electrons. The number of aldehydes is 1. The Balaban J connectivity index is 2.35. The first-order valence-corrected chi connectivity index (χ1v) is 6.88. The van der Waals surface area contributed by atoms with Crippen molar-refractivity contribution in [1.29, 1.82) is 0 Å². The molecule has 104 valence electrons. The summed E-state index contributed by atoms with van der Waals surface area (Å²) >= 11 is 0. The molecule has 0 aliphatic carbocycles. The first kappa shape index (κ1) is 13.8. The lowest BCUT2D eigenvalue weighted by molar-refractivity contribution is 0.110. The molecule has 0 unspecified atom stereocenters. The molecule has 2 aromatic rings. The second kappa shape index (κ2) is 5.17. The number of carbonyl (C=O) groups is 1. The van der Waals surface area contributed by atoms with E-state index in [-0.39, 0.29) is 10.7 Å². The van der Waals surface area contributed by atoms with Crippen molar-refractivity contribution in [1.82, 2.24) is 0 Å². The Kier molecular flexibility index (Phi) is 3.57. The van der Waals surface area contributed by atoms with Gasteiger partial charge < -0.3 is 15.9 Å². The smallest absolute Gasteiger partial charge is 0.285 e. The third-order valence-corrected chi connectivity index (χ3v) is 3.72. The Bertz CT molecular complexity index is 756. The highest BCUT2D eigenvalue weighted by atomic mass is 32.2. The standard InChI is InChI=1S/C12H11N3O4S/c13-12(14)15-20(17,18)10-4-1-8(2-5-10)11-6-3-9(7-16)19-11/h1-7H,(H4,13,14,15). The number of guanidine groups is 1. The van der Waals surface area contributed by atoms with Crippen LogP contribution in [0.4, 0.5) is 0 Å². The van der Waals surface area contributed by atoms with Gasteiger partial charge in [0.05, 0.1) is 4.90 Å². The first-order valence-electron chi connectivity index (χ1n) is 5.44. The van der Waals surface area contributed by atoms with Gasteiger partial charge in [0.25, 0.3) is 10.0 Å². The maximum Gasteiger partial charge on any atom is 0.285 e. The first-order chi connectivity index (χ1) is 9.42. The molecule has 2 rings (SSSR count). The lowest BCUT2D eigenvalue weighted by Gasteiger charge is -2.01. The van der Waals surface area contributed by atoms with E-state index in [9.17, 15) is 13.2 Å². The molecule has 0 spiro atoms. The molecule has 20 heavy (non-hydrogen) atoms. The van der Waals surface area contributed by atoms with Gasteiger partial charge >= 0.3 is 0 Å². The van der Waals surface area contributed by atoms with E-state index in [1.807, 2.05) is 0 Å². The monoisotopic (exact) mass is 293 g/mol. The average Bonchev–Trinajstić information content (AvgIpc) is 2.86. The van der Waals surface area contributed by atoms with Crippen LogP contribution < -0.4 is 11.5 Å². The summed E-state index contributed by atoms with van der Waals surface area (Å²) in [6, 6.07) is 8.89. The Morgan fingerprint density at radius 3 is 2.25 bits per heavy atom. The predicted octanol–water partition coefficient (Wildman–Crippen LogP) is 0.721. The molecule has 0 amide bonds. The van der Waals surface area contributed by atoms with Gasteiger partial charge in [-0.25, -0.2) is 0 Å². The van der Waals surface area contributed by atoms with Crippen LogP contribution in [0.15, 0.2) is 50.1 Å². The highest BCUT2D eigenvalue weighted by Crippen LogP contribution is 2.23. The predicted molar refractivity (Wildman–Crippen MR) is 72.5 cm³/mol. The van der Waals surface area contributed by atoms with Crippen LogP contribution in [-0.2, 0) is 10.0 Å². The summed E-state index contributed by atoms with van der Waals surface area (Å²) in [7, 11) is -3.91. The minimum Gasteiger partial charge on any atom is -0.453 e. The fourth-order valence-electron chi connectivity index (χ4n) is 1.55. The zero-order valence-electron chi connectivity index (χ0n) is 10.2. The van der Waals surface area contributed by atoms with Crippen LogP contribution in [0.3, 0.4) is 0 Å². The van der Waals surface area contributed by atoms with Crippen LogP contribution in [0, 0.1) is 0 Å². The van der Waals surface area contributed by atoms with Gasteiger partial charge in [-0.3, -0.25) is 4.79 Å². The number of sulfonamides is 1. The summed E-state index contributed by atoms with van der Waals surface area (Å²) in [6.45, 7) is 0. The molecule has 0 saturated heterocycles. The third-order valence-electron chi connectivity index (χ3n) is 2.41. The van der Waals surface area contributed by atoms with E-state index in [1.54, 1.807) is 6.07 Å². The van der Waals surface area contributed by atoms with Gasteiger partial charge in [-0.1, -0.05) is 0 Å². The number of hydrogen-bond donors (Lipinski definition) is 2. The minimum absolute atomic E-state index is 0.0446. The maximum absolute atomic E-state index is 11.7. The summed E-state index contributed by atoms with van der Waals surface area (Å²) < 4.78 is 31.8. The molecule has 7 nitrogen and oxygen atoms in total. The molecule has 0 saturated carbocycles. The number of nitrogens with zero attached hydrogens (tertiary/aromatic N) is 1. The van der Waals surface area contributed by atoms with Crippen molar-refractivity contribution in [3.63, 3.8) is 0 Å². The van der Waals surface area contributed by atoms with Crippen LogP contribution in [0.25, 0.3) is 11.3 Å². The van der Waals surface area contributed by atoms with Gasteiger partial charge in [-0.2, -0.15) is 8.42 Å². The zero-order valence-corrected chi connectivity index (χ0v) is 11.0. The number of rotatable bonds is 4. The van der Waals surface area contributed by atoms with E-state index in [0.29, 0.717) is 17.6 Å². The average molecular weight is 293 g/mol. The van der Waals surface area contributed by atoms with Gasteiger partial charge in [0.1, 0.15) is 5.76 Å². The molecule has 1 heterocycles. The second-order valence-electron chi connectivity index (χ2n) is 3.84. The van der Waals surface area contributed by atoms with Crippen molar-refractivity contribution in [3.8, 4) is 11.3 Å². The number of furan rings is 1. The highest BCUT2D eigenvalue weighted by molar-refractivity contribution is 7.90. The van der Waals surface area contributed by atoms with Crippen LogP contribution in [0.1, 0.15) is 10.6 Å². The van der Waals surface area contributed by atoms with Gasteiger partial charge in [-0.05, 0) is 36.4 Å². The quantitative estimate of drug-likeness (QED) is 0.485. The molecule has 4 N–H and O–H groups in total. The van der Waals surface area contributed by atoms with Crippen molar-refractivity contribution in [3.05, 3.63) is 42.2 Å². The van der Waals surface area contributed by atoms with Crippen molar-refractivity contribution in [2.24, 2.45) is 15.9 Å². The van der Waals surface area contributed by atoms with Crippen LogP contribution in [0.2, 0.25) is 0 Å². The molecule has 0 bridgehead atoms. The van der Waals surface area contributed by atoms with E-state index >= 15 is 0 Å². The molecule has 0 aliphatic rings. The number of carbonyl (C=O) groups excluding carboxylic acids is 1. The van der Waals surface area contributed by atoms with Crippen molar-refractivity contribution in [2.75, 3.05) is 0 Å². The Morgan fingerprint density at radius 1 is 1.10 bits per heavy atom. The lowest BCUT2D eigenvalue weighted by atomic mass is 10.2. The van der Waals surface area contributed by atoms with Crippen LogP contribution in [-0.4, -0.2) is 20.7 Å². The highest BCUT2D eigenvalue weighted by Gasteiger charge is 2.13. The Labute approximate surface area is 115 Å². The molecule has 0 aliphatic heterocycles. The maximum atomic E-state index is 11.7. The number of benzene rings is 1. The number of nitrogens with two attached hydrogens (primary N) is 2. The van der Waals surface area contributed by atoms with E-state index in [2.05, 4.69) is 4.40 Å². The molecule has 0 fully saturated rings. The molecule has 8 heteroatoms. The third kappa shape index (κ3) is 2.86. The van der Waals surface area contributed by atoms with Crippen molar-refractivity contribution >= 4 is 22.3 Å². The SMILES string of the molecule is NC(N)=NS(=O)(=O)c1ccc(-c2ccc(C=O)o2)cc1. The summed E-state index contributed by atoms with van der Waals surface area (Å²) in [4.78, 5) is 10.5. The zero-order chi connectivity index (χ0) is 14.8. The fraction of sp³-hybridized carbons (Fsp3) is 0. The van der Waals surface area contributed by atoms with E-state index in [0.717, 1.165) is 0 Å². The van der Waals surface area contributed by atoms with E-state index in [4.69, 9.17) is 15.9 Å². The molecule has 1 aromatic carbocycles. The molecular formula is C12H11N3O4S. The van der Waals surface area contributed by atoms with Gasteiger partial charge in [-0.15, -0.1) is 4.40 Å². The van der Waals surface area contributed by atoms with Gasteiger partial charge in [0.15, 0.2) is 12.0 Å². The largest absolute Gasteiger partial charge is 0.453 e. The summed E-state index contributed by atoms with van der Waals surface area (Å²) in [5.41, 5.74) is 10.7. The Hall–Kier alpha value is -2.61. The van der Waals surface area contributed by atoms with Crippen molar-refractivity contribution < 1.29 is 17.6 Å². The summed E-state index contributed by atoms with van der Waals surface area (Å²) in [5, 5.41) is 0. The molecule has 0 atom stereocenters. The summed E-state index contributed by atoms with van der Waals surface area (Å²) in [6.07, 6.45) is 0.584. The summed E-state index contributed by atoms with van der Waals surface area (Å²) in [5.74, 6) is 0.117. The lowest BCUT2D eigenvalue weighted by Crippen LogP contribution is -2.24. The van der Waals surface area contributed by atoms with Gasteiger partial charge in [0.2, 0.25) is 5.96 Å². The van der Waals surface area contributed by atoms with Gasteiger partial charge in [0, 0.05) is 5.56 Å². The van der Waals surface area contributed by atoms with Crippen LogP contribution >= 0.6 is 0 Å². The van der Waals surface area contributed by atoms with Crippen LogP contribution in [0.5, 0.6) is 0 Å². The molecule has 1 aromatic heterocycles. The molecular weight excluding hydrogens is 282 g/mol. The second-order valence-corrected chi connectivity index (χ2v) is 5.44. The van der Waals surface area contributed by atoms with E-state index < -0.39 is 16.0 Å². The fourth-order valence-corrected chi connectivity index (χ4v) is 2.42. The number of hydrogen-bond acceptors (Lipinski definition) is 4. The minimum atomic E-state index is -3.91. The van der Waals surface area contributed by atoms with E-state index in [1.165, 1.54) is 30.3 Å². The Morgan fingerprint density at radius 2 is 1.75 bits per heavy atom. The normalized spacial score (nSPS) is 11.0.